The van der Waals surface area contributed by atoms with Gasteiger partial charge >= 0.3 is 0 Å². The molecule has 4 heteroatoms. The van der Waals surface area contributed by atoms with Crippen molar-refractivity contribution in [1.29, 1.82) is 0 Å². The van der Waals surface area contributed by atoms with Gasteiger partial charge < -0.3 is 0 Å². The third kappa shape index (κ3) is 4.66. The summed E-state index contributed by atoms with van der Waals surface area (Å²) in [6.45, 7) is 6.13. The van der Waals surface area contributed by atoms with Gasteiger partial charge in [0.15, 0.2) is 0 Å². The van der Waals surface area contributed by atoms with Crippen molar-refractivity contribution in [2.24, 2.45) is 11.8 Å². The molecule has 17 heavy (non-hydrogen) atoms. The monoisotopic (exact) mass is 256 g/mol. The van der Waals surface area contributed by atoms with Gasteiger partial charge in [0.2, 0.25) is 0 Å². The number of hydrogen-bond donors (Lipinski definition) is 2. The number of halogens is 1. The zero-order chi connectivity index (χ0) is 12.8. The lowest BCUT2D eigenvalue weighted by Crippen LogP contribution is -2.30. The Morgan fingerprint density at radius 1 is 1.35 bits per heavy atom. The quantitative estimate of drug-likeness (QED) is 0.607. The van der Waals surface area contributed by atoms with Crippen molar-refractivity contribution in [3.63, 3.8) is 0 Å². The van der Waals surface area contributed by atoms with E-state index in [-0.39, 0.29) is 11.9 Å². The van der Waals surface area contributed by atoms with E-state index in [0.29, 0.717) is 11.5 Å². The number of benzene rings is 1. The second kappa shape index (κ2) is 6.99. The van der Waals surface area contributed by atoms with Crippen LogP contribution in [-0.2, 0) is 0 Å². The van der Waals surface area contributed by atoms with E-state index in [9.17, 15) is 4.39 Å². The first kappa shape index (κ1) is 14.5. The maximum absolute atomic E-state index is 13.5. The Morgan fingerprint density at radius 3 is 2.59 bits per heavy atom. The minimum atomic E-state index is -0.170. The van der Waals surface area contributed by atoms with Gasteiger partial charge in [-0.2, -0.15) is 11.8 Å². The summed E-state index contributed by atoms with van der Waals surface area (Å²) in [5.41, 5.74) is 4.33. The summed E-state index contributed by atoms with van der Waals surface area (Å²) in [5, 5.41) is 0. The molecule has 1 aromatic carbocycles. The van der Waals surface area contributed by atoms with E-state index in [1.165, 1.54) is 0 Å². The summed E-state index contributed by atoms with van der Waals surface area (Å²) >= 11 is 1.83. The van der Waals surface area contributed by atoms with Crippen LogP contribution in [0.2, 0.25) is 0 Å². The van der Waals surface area contributed by atoms with Crippen LogP contribution in [0.4, 0.5) is 4.39 Å². The van der Waals surface area contributed by atoms with Gasteiger partial charge in [-0.05, 0) is 35.8 Å². The Bertz CT molecular complexity index is 355. The molecule has 0 amide bonds. The molecule has 0 fully saturated rings. The van der Waals surface area contributed by atoms with Gasteiger partial charge in [-0.15, -0.1) is 0 Å². The van der Waals surface area contributed by atoms with E-state index in [4.69, 9.17) is 5.84 Å². The van der Waals surface area contributed by atoms with Crippen molar-refractivity contribution < 1.29 is 4.39 Å². The second-order valence-electron chi connectivity index (χ2n) is 4.66. The summed E-state index contributed by atoms with van der Waals surface area (Å²) in [6.07, 6.45) is 0. The molecule has 1 unspecified atom stereocenters. The molecule has 0 saturated heterocycles. The number of aryl methyl sites for hydroxylation is 1. The Balaban J connectivity index is 2.62. The van der Waals surface area contributed by atoms with Gasteiger partial charge in [-0.3, -0.25) is 11.3 Å². The van der Waals surface area contributed by atoms with E-state index in [0.717, 1.165) is 17.1 Å². The van der Waals surface area contributed by atoms with E-state index < -0.39 is 0 Å². The summed E-state index contributed by atoms with van der Waals surface area (Å²) in [5.74, 6) is 7.96. The molecule has 96 valence electrons. The van der Waals surface area contributed by atoms with Gasteiger partial charge in [0.25, 0.3) is 0 Å². The van der Waals surface area contributed by atoms with Crippen molar-refractivity contribution in [3.05, 3.63) is 35.1 Å². The minimum absolute atomic E-state index is 0.00819. The summed E-state index contributed by atoms with van der Waals surface area (Å²) < 4.78 is 13.5. The van der Waals surface area contributed by atoms with Crippen molar-refractivity contribution in [1.82, 2.24) is 5.43 Å². The number of hydrogen-bond acceptors (Lipinski definition) is 3. The highest BCUT2D eigenvalue weighted by Crippen LogP contribution is 2.21. The van der Waals surface area contributed by atoms with Crippen LogP contribution in [0.5, 0.6) is 0 Å². The number of rotatable bonds is 6. The molecule has 0 aliphatic rings. The maximum atomic E-state index is 13.5. The standard InChI is InChI=1S/C13H21FN2S/c1-9(2)7-17-8-13(16-15)11-5-4-10(3)12(14)6-11/h4-6,9,13,16H,7-8,15H2,1-3H3. The van der Waals surface area contributed by atoms with Gasteiger partial charge in [0.1, 0.15) is 5.82 Å². The van der Waals surface area contributed by atoms with Crippen molar-refractivity contribution in [3.8, 4) is 0 Å². The lowest BCUT2D eigenvalue weighted by atomic mass is 10.1. The SMILES string of the molecule is Cc1ccc(C(CSCC(C)C)NN)cc1F. The van der Waals surface area contributed by atoms with Gasteiger partial charge in [0, 0.05) is 5.75 Å². The molecule has 0 aliphatic carbocycles. The molecule has 0 radical (unpaired) electrons. The number of nitrogens with two attached hydrogens (primary N) is 1. The molecule has 1 rings (SSSR count). The Kier molecular flexibility index (Phi) is 5.95. The van der Waals surface area contributed by atoms with Crippen molar-refractivity contribution >= 4 is 11.8 Å². The van der Waals surface area contributed by atoms with Crippen LogP contribution in [0.3, 0.4) is 0 Å². The van der Waals surface area contributed by atoms with Crippen LogP contribution in [-0.4, -0.2) is 11.5 Å². The molecule has 0 aliphatic heterocycles. The van der Waals surface area contributed by atoms with Gasteiger partial charge in [-0.25, -0.2) is 4.39 Å². The zero-order valence-corrected chi connectivity index (χ0v) is 11.5. The molecular weight excluding hydrogens is 235 g/mol. The number of hydrazine groups is 1. The smallest absolute Gasteiger partial charge is 0.126 e. The van der Waals surface area contributed by atoms with Crippen LogP contribution < -0.4 is 11.3 Å². The summed E-state index contributed by atoms with van der Waals surface area (Å²) in [4.78, 5) is 0. The first-order chi connectivity index (χ1) is 8.04. The Labute approximate surface area is 107 Å². The van der Waals surface area contributed by atoms with E-state index in [1.807, 2.05) is 17.8 Å². The van der Waals surface area contributed by atoms with Crippen molar-refractivity contribution in [2.75, 3.05) is 11.5 Å². The van der Waals surface area contributed by atoms with E-state index >= 15 is 0 Å². The Hall–Kier alpha value is -0.580. The molecular formula is C13H21FN2S. The molecule has 2 nitrogen and oxygen atoms in total. The van der Waals surface area contributed by atoms with Crippen LogP contribution in [0, 0.1) is 18.7 Å². The second-order valence-corrected chi connectivity index (χ2v) is 5.73. The first-order valence-corrected chi connectivity index (χ1v) is 7.00. The predicted molar refractivity (Wildman–Crippen MR) is 73.4 cm³/mol. The number of thioether (sulfide) groups is 1. The van der Waals surface area contributed by atoms with Crippen LogP contribution >= 0.6 is 11.8 Å². The minimum Gasteiger partial charge on any atom is -0.271 e. The fourth-order valence-corrected chi connectivity index (χ4v) is 2.62. The summed E-state index contributed by atoms with van der Waals surface area (Å²) in [7, 11) is 0. The summed E-state index contributed by atoms with van der Waals surface area (Å²) in [6, 6.07) is 5.30. The Morgan fingerprint density at radius 2 is 2.06 bits per heavy atom. The van der Waals surface area contributed by atoms with Crippen LogP contribution in [0.1, 0.15) is 31.0 Å². The highest BCUT2D eigenvalue weighted by atomic mass is 32.2. The highest BCUT2D eigenvalue weighted by molar-refractivity contribution is 7.99. The lowest BCUT2D eigenvalue weighted by Gasteiger charge is -2.17. The average Bonchev–Trinajstić information content (AvgIpc) is 2.28. The molecule has 0 heterocycles. The van der Waals surface area contributed by atoms with Crippen LogP contribution in [0.25, 0.3) is 0 Å². The van der Waals surface area contributed by atoms with Gasteiger partial charge in [-0.1, -0.05) is 26.0 Å². The molecule has 0 saturated carbocycles. The zero-order valence-electron chi connectivity index (χ0n) is 10.7. The average molecular weight is 256 g/mol. The topological polar surface area (TPSA) is 38.0 Å². The fourth-order valence-electron chi connectivity index (χ4n) is 1.49. The molecule has 1 atom stereocenters. The van der Waals surface area contributed by atoms with Crippen LogP contribution in [0.15, 0.2) is 18.2 Å². The third-order valence-corrected chi connectivity index (χ3v) is 4.01. The lowest BCUT2D eigenvalue weighted by molar-refractivity contribution is 0.586. The highest BCUT2D eigenvalue weighted by Gasteiger charge is 2.11. The normalized spacial score (nSPS) is 13.1. The largest absolute Gasteiger partial charge is 0.271 e. The number of nitrogens with one attached hydrogen (secondary N) is 1. The maximum Gasteiger partial charge on any atom is 0.126 e. The van der Waals surface area contributed by atoms with E-state index in [1.54, 1.807) is 19.1 Å². The van der Waals surface area contributed by atoms with Gasteiger partial charge in [0.05, 0.1) is 6.04 Å². The van der Waals surface area contributed by atoms with E-state index in [2.05, 4.69) is 19.3 Å². The molecule has 0 spiro atoms. The van der Waals surface area contributed by atoms with Crippen molar-refractivity contribution in [2.45, 2.75) is 26.8 Å². The molecule has 1 aromatic rings. The molecule has 3 N–H and O–H groups in total. The predicted octanol–water partition coefficient (Wildman–Crippen LogP) is 3.03. The molecule has 0 aromatic heterocycles. The molecule has 0 bridgehead atoms. The first-order valence-electron chi connectivity index (χ1n) is 5.84. The third-order valence-electron chi connectivity index (χ3n) is 2.54. The fraction of sp³-hybridized carbons (Fsp3) is 0.538.